The third-order valence-corrected chi connectivity index (χ3v) is 9.55. The van der Waals surface area contributed by atoms with Gasteiger partial charge in [-0.25, -0.2) is 14.4 Å². The van der Waals surface area contributed by atoms with Gasteiger partial charge in [0.15, 0.2) is 0 Å². The number of aromatic nitrogens is 5. The number of nitrogens with zero attached hydrogens (tertiary/aromatic N) is 7. The number of alkyl halides is 1. The number of aliphatic hydroxyl groups is 1. The van der Waals surface area contributed by atoms with Gasteiger partial charge < -0.3 is 9.67 Å². The van der Waals surface area contributed by atoms with Gasteiger partial charge in [0, 0.05) is 54.3 Å². The summed E-state index contributed by atoms with van der Waals surface area (Å²) >= 11 is 15.0. The van der Waals surface area contributed by atoms with Crippen LogP contribution in [0.4, 0.5) is 9.52 Å². The normalized spacial score (nSPS) is 17.5. The minimum atomic E-state index is -0.974. The second-order valence-electron chi connectivity index (χ2n) is 11.0. The van der Waals surface area contributed by atoms with Gasteiger partial charge in [-0.1, -0.05) is 47.5 Å². The molecule has 1 N–H and O–H groups in total. The zero-order valence-electron chi connectivity index (χ0n) is 23.0. The van der Waals surface area contributed by atoms with E-state index in [4.69, 9.17) is 28.3 Å². The number of imidazole rings is 1. The molecule has 1 atom stereocenters. The summed E-state index contributed by atoms with van der Waals surface area (Å²) in [7, 11) is 0. The Morgan fingerprint density at radius 1 is 1.16 bits per heavy atom. The molecular formula is C30H28Cl2FN7O2S. The standard InChI is InChI=1S/C30H28Cl2FN7O2S/c31-24-12-22(19-3-1-18(2-4-19)14-37-8-5-21(41)6-9-37)28(32)29-23(24)16-39(36-29)40(30-34-7-10-43-30)27(42)13-25-26-11-20(33)15-38(26)17-35-25/h1-4,7,10,12,16-17,20-21,41H,5-6,8-9,11,13-15H2/t20-/m1/s1. The number of thiazole rings is 1. The van der Waals surface area contributed by atoms with Crippen molar-refractivity contribution >= 4 is 56.5 Å². The zero-order chi connectivity index (χ0) is 29.7. The Morgan fingerprint density at radius 2 is 1.95 bits per heavy atom. The Bertz CT molecular complexity index is 1780. The average Bonchev–Trinajstić information content (AvgIpc) is 3.80. The summed E-state index contributed by atoms with van der Waals surface area (Å²) in [4.78, 5) is 26.2. The van der Waals surface area contributed by atoms with Gasteiger partial charge in [-0.05, 0) is 30.0 Å². The Morgan fingerprint density at radius 3 is 2.70 bits per heavy atom. The van der Waals surface area contributed by atoms with Gasteiger partial charge >= 0.3 is 0 Å². The summed E-state index contributed by atoms with van der Waals surface area (Å²) in [6, 6.07) is 10.0. The fourth-order valence-electron chi connectivity index (χ4n) is 5.86. The van der Waals surface area contributed by atoms with Crippen molar-refractivity contribution < 1.29 is 14.3 Å². The number of halogens is 3. The van der Waals surface area contributed by atoms with Crippen LogP contribution in [0.2, 0.25) is 10.0 Å². The van der Waals surface area contributed by atoms with Crippen LogP contribution in [-0.2, 0) is 30.7 Å². The molecule has 9 nitrogen and oxygen atoms in total. The van der Waals surface area contributed by atoms with E-state index in [1.54, 1.807) is 28.7 Å². The molecule has 2 aliphatic heterocycles. The summed E-state index contributed by atoms with van der Waals surface area (Å²) < 4.78 is 15.7. The highest BCUT2D eigenvalue weighted by Gasteiger charge is 2.29. The molecule has 0 aliphatic carbocycles. The number of carbonyl (C=O) groups excluding carboxylic acids is 1. The second kappa shape index (κ2) is 11.6. The topological polar surface area (TPSA) is 92.3 Å². The molecule has 0 spiro atoms. The van der Waals surface area contributed by atoms with E-state index in [1.165, 1.54) is 26.7 Å². The first kappa shape index (κ1) is 28.4. The van der Waals surface area contributed by atoms with Crippen LogP contribution in [-0.4, -0.2) is 65.7 Å². The molecular weight excluding hydrogens is 612 g/mol. The molecule has 13 heteroatoms. The van der Waals surface area contributed by atoms with E-state index in [0.717, 1.165) is 49.3 Å². The lowest BCUT2D eigenvalue weighted by Crippen LogP contribution is -2.37. The molecule has 1 saturated heterocycles. The summed E-state index contributed by atoms with van der Waals surface area (Å²) in [6.07, 6.45) is 5.49. The fourth-order valence-corrected chi connectivity index (χ4v) is 7.06. The number of hydrogen-bond acceptors (Lipinski definition) is 7. The van der Waals surface area contributed by atoms with Gasteiger partial charge in [-0.3, -0.25) is 9.69 Å². The van der Waals surface area contributed by atoms with Crippen molar-refractivity contribution in [1.82, 2.24) is 29.3 Å². The Labute approximate surface area is 261 Å². The van der Waals surface area contributed by atoms with Crippen LogP contribution < -0.4 is 5.01 Å². The van der Waals surface area contributed by atoms with Crippen molar-refractivity contribution in [3.05, 3.63) is 81.4 Å². The number of amides is 1. The Balaban J connectivity index is 1.18. The van der Waals surface area contributed by atoms with E-state index in [9.17, 15) is 14.3 Å². The van der Waals surface area contributed by atoms with Gasteiger partial charge in [0.25, 0.3) is 5.91 Å². The van der Waals surface area contributed by atoms with Crippen LogP contribution in [0.15, 0.2) is 54.4 Å². The maximum Gasteiger partial charge on any atom is 0.255 e. The molecule has 0 unspecified atom stereocenters. The van der Waals surface area contributed by atoms with E-state index < -0.39 is 6.17 Å². The molecule has 5 heterocycles. The van der Waals surface area contributed by atoms with Crippen molar-refractivity contribution in [2.45, 2.75) is 51.0 Å². The first-order valence-electron chi connectivity index (χ1n) is 14.1. The highest BCUT2D eigenvalue weighted by atomic mass is 35.5. The van der Waals surface area contributed by atoms with Crippen LogP contribution in [0.3, 0.4) is 0 Å². The van der Waals surface area contributed by atoms with Crippen molar-refractivity contribution in [1.29, 1.82) is 0 Å². The molecule has 1 fully saturated rings. The number of aliphatic hydroxyl groups excluding tert-OH is 1. The summed E-state index contributed by atoms with van der Waals surface area (Å²) in [5, 5.41) is 19.5. The number of carbonyl (C=O) groups is 1. The SMILES string of the molecule is O=C(Cc1ncn2c1C[C@@H](F)C2)N(c1nccs1)n1cc2c(Cl)cc(-c3ccc(CN4CCC(O)CC4)cc3)c(Cl)c2n1. The number of benzene rings is 2. The lowest BCUT2D eigenvalue weighted by Gasteiger charge is -2.29. The smallest absolute Gasteiger partial charge is 0.255 e. The molecule has 0 radical (unpaired) electrons. The molecule has 5 aromatic rings. The zero-order valence-corrected chi connectivity index (χ0v) is 25.4. The monoisotopic (exact) mass is 639 g/mol. The maximum absolute atomic E-state index is 14.0. The van der Waals surface area contributed by atoms with Crippen LogP contribution in [0.25, 0.3) is 22.0 Å². The second-order valence-corrected chi connectivity index (χ2v) is 12.7. The van der Waals surface area contributed by atoms with Crippen molar-refractivity contribution in [3.63, 3.8) is 0 Å². The molecule has 0 bridgehead atoms. The molecule has 7 rings (SSSR count). The van der Waals surface area contributed by atoms with Gasteiger partial charge in [0.1, 0.15) is 11.7 Å². The lowest BCUT2D eigenvalue weighted by atomic mass is 10.0. The predicted molar refractivity (Wildman–Crippen MR) is 165 cm³/mol. The lowest BCUT2D eigenvalue weighted by molar-refractivity contribution is -0.118. The number of piperidine rings is 1. The van der Waals surface area contributed by atoms with E-state index in [-0.39, 0.29) is 31.4 Å². The molecule has 0 saturated carbocycles. The van der Waals surface area contributed by atoms with E-state index >= 15 is 0 Å². The first-order valence-corrected chi connectivity index (χ1v) is 15.7. The van der Waals surface area contributed by atoms with Gasteiger partial charge in [0.2, 0.25) is 5.13 Å². The quantitative estimate of drug-likeness (QED) is 0.251. The number of anilines is 1. The van der Waals surface area contributed by atoms with Crippen LogP contribution in [0, 0.1) is 0 Å². The van der Waals surface area contributed by atoms with Crippen LogP contribution >= 0.6 is 34.5 Å². The maximum atomic E-state index is 14.0. The van der Waals surface area contributed by atoms with Crippen molar-refractivity contribution in [2.24, 2.45) is 0 Å². The highest BCUT2D eigenvalue weighted by Crippen LogP contribution is 2.39. The third-order valence-electron chi connectivity index (χ3n) is 8.11. The largest absolute Gasteiger partial charge is 0.393 e. The van der Waals surface area contributed by atoms with E-state index in [1.807, 2.05) is 18.2 Å². The van der Waals surface area contributed by atoms with E-state index in [0.29, 0.717) is 31.8 Å². The highest BCUT2D eigenvalue weighted by molar-refractivity contribution is 7.13. The van der Waals surface area contributed by atoms with E-state index in [2.05, 4.69) is 27.0 Å². The van der Waals surface area contributed by atoms with Gasteiger partial charge in [0.05, 0.1) is 47.3 Å². The average molecular weight is 641 g/mol. The predicted octanol–water partition coefficient (Wildman–Crippen LogP) is 5.55. The van der Waals surface area contributed by atoms with Gasteiger partial charge in [-0.2, -0.15) is 9.80 Å². The summed E-state index contributed by atoms with van der Waals surface area (Å²) in [6.45, 7) is 2.84. The summed E-state index contributed by atoms with van der Waals surface area (Å²) in [5.41, 5.74) is 4.55. The minimum Gasteiger partial charge on any atom is -0.393 e. The van der Waals surface area contributed by atoms with Crippen LogP contribution in [0.5, 0.6) is 0 Å². The summed E-state index contributed by atoms with van der Waals surface area (Å²) in [5.74, 6) is -0.321. The van der Waals surface area contributed by atoms with Crippen molar-refractivity contribution in [2.75, 3.05) is 18.1 Å². The third kappa shape index (κ3) is 5.56. The molecule has 43 heavy (non-hydrogen) atoms. The van der Waals surface area contributed by atoms with Gasteiger partial charge in [-0.15, -0.1) is 16.4 Å². The molecule has 3 aromatic heterocycles. The number of fused-ring (bicyclic) bond motifs is 2. The number of rotatable bonds is 7. The minimum absolute atomic E-state index is 0.0398. The molecule has 2 aliphatic rings. The number of hydrogen-bond donors (Lipinski definition) is 1. The Kier molecular flexibility index (Phi) is 7.68. The Hall–Kier alpha value is -3.35. The van der Waals surface area contributed by atoms with Crippen LogP contribution in [0.1, 0.15) is 29.8 Å². The molecule has 222 valence electrons. The molecule has 2 aromatic carbocycles. The number of likely N-dealkylation sites (tertiary alicyclic amines) is 1. The molecule has 1 amide bonds. The first-order chi connectivity index (χ1) is 20.8. The fraction of sp³-hybridized carbons (Fsp3) is 0.333. The van der Waals surface area contributed by atoms with Crippen molar-refractivity contribution in [3.8, 4) is 11.1 Å².